The number of hydrogen-bond acceptors (Lipinski definition) is 2. The van der Waals surface area contributed by atoms with Crippen molar-refractivity contribution in [1.82, 2.24) is 0 Å². The summed E-state index contributed by atoms with van der Waals surface area (Å²) in [5.74, 6) is 0.754. The maximum Gasteiger partial charge on any atom is 0.128 e. The Bertz CT molecular complexity index is 589. The second kappa shape index (κ2) is 4.22. The zero-order chi connectivity index (χ0) is 14.5. The third kappa shape index (κ3) is 1.74. The van der Waals surface area contributed by atoms with Crippen LogP contribution in [0.3, 0.4) is 0 Å². The minimum absolute atomic E-state index is 0.115. The van der Waals surface area contributed by atoms with Gasteiger partial charge in [-0.2, -0.15) is 5.26 Å². The first-order valence-corrected chi connectivity index (χ1v) is 7.24. The Morgan fingerprint density at radius 1 is 1.30 bits per heavy atom. The maximum absolute atomic E-state index is 13.5. The van der Waals surface area contributed by atoms with Gasteiger partial charge in [0.1, 0.15) is 17.7 Å². The van der Waals surface area contributed by atoms with E-state index in [4.69, 9.17) is 10.00 Å². The van der Waals surface area contributed by atoms with Crippen LogP contribution in [-0.2, 0) is 0 Å². The van der Waals surface area contributed by atoms with Gasteiger partial charge >= 0.3 is 0 Å². The van der Waals surface area contributed by atoms with Crippen LogP contribution >= 0.6 is 0 Å². The minimum Gasteiger partial charge on any atom is -0.490 e. The Kier molecular flexibility index (Phi) is 2.83. The van der Waals surface area contributed by atoms with Crippen LogP contribution < -0.4 is 4.74 Å². The average Bonchev–Trinajstić information content (AvgIpc) is 2.71. The van der Waals surface area contributed by atoms with Gasteiger partial charge in [0.05, 0.1) is 11.6 Å². The van der Waals surface area contributed by atoms with E-state index in [1.165, 1.54) is 18.6 Å². The van der Waals surface area contributed by atoms with Crippen molar-refractivity contribution in [3.8, 4) is 11.8 Å². The fourth-order valence-corrected chi connectivity index (χ4v) is 4.17. The van der Waals surface area contributed by atoms with Gasteiger partial charge in [0, 0.05) is 11.5 Å². The van der Waals surface area contributed by atoms with E-state index in [-0.39, 0.29) is 16.9 Å². The third-order valence-corrected chi connectivity index (χ3v) is 5.99. The lowest BCUT2D eigenvalue weighted by Crippen LogP contribution is -2.38. The number of hydrogen-bond donors (Lipinski definition) is 0. The molecule has 1 aromatic rings. The number of halogens is 1. The summed E-state index contributed by atoms with van der Waals surface area (Å²) >= 11 is 0. The highest BCUT2D eigenvalue weighted by molar-refractivity contribution is 5.37. The molecule has 0 N–H and O–H groups in total. The predicted molar refractivity (Wildman–Crippen MR) is 74.8 cm³/mol. The van der Waals surface area contributed by atoms with Crippen molar-refractivity contribution >= 4 is 0 Å². The number of fused-ring (bicyclic) bond motifs is 2. The van der Waals surface area contributed by atoms with Crippen LogP contribution in [0.25, 0.3) is 0 Å². The molecule has 2 aliphatic carbocycles. The monoisotopic (exact) mass is 273 g/mol. The largest absolute Gasteiger partial charge is 0.490 e. The molecular weight excluding hydrogens is 253 g/mol. The number of benzene rings is 1. The Morgan fingerprint density at radius 2 is 2.05 bits per heavy atom. The Morgan fingerprint density at radius 3 is 2.60 bits per heavy atom. The normalized spacial score (nSPS) is 34.0. The molecule has 0 saturated heterocycles. The first kappa shape index (κ1) is 13.4. The van der Waals surface area contributed by atoms with Crippen molar-refractivity contribution in [2.75, 3.05) is 0 Å². The Labute approximate surface area is 119 Å². The Balaban J connectivity index is 1.87. The molecule has 106 valence electrons. The Hall–Kier alpha value is -1.56. The second-order valence-electron chi connectivity index (χ2n) is 7.00. The van der Waals surface area contributed by atoms with Gasteiger partial charge in [0.15, 0.2) is 0 Å². The molecule has 0 radical (unpaired) electrons. The van der Waals surface area contributed by atoms with Crippen LogP contribution in [0.1, 0.15) is 45.6 Å². The summed E-state index contributed by atoms with van der Waals surface area (Å²) < 4.78 is 19.6. The summed E-state index contributed by atoms with van der Waals surface area (Å²) in [5, 5.41) is 8.91. The molecule has 3 unspecified atom stereocenters. The molecule has 2 aliphatic rings. The number of rotatable bonds is 2. The van der Waals surface area contributed by atoms with Crippen molar-refractivity contribution in [3.63, 3.8) is 0 Å². The van der Waals surface area contributed by atoms with E-state index in [0.717, 1.165) is 12.8 Å². The maximum atomic E-state index is 13.5. The van der Waals surface area contributed by atoms with Gasteiger partial charge in [0.25, 0.3) is 0 Å². The van der Waals surface area contributed by atoms with E-state index in [1.54, 1.807) is 6.07 Å². The summed E-state index contributed by atoms with van der Waals surface area (Å²) in [4.78, 5) is 0. The molecule has 2 fully saturated rings. The highest BCUT2D eigenvalue weighted by Crippen LogP contribution is 2.66. The molecule has 0 heterocycles. The lowest BCUT2D eigenvalue weighted by atomic mass is 9.70. The number of nitriles is 1. The van der Waals surface area contributed by atoms with Crippen LogP contribution in [0.15, 0.2) is 18.2 Å². The van der Waals surface area contributed by atoms with Crippen LogP contribution in [0.5, 0.6) is 5.75 Å². The van der Waals surface area contributed by atoms with Crippen LogP contribution in [0.4, 0.5) is 4.39 Å². The standard InChI is InChI=1S/C17H20FNO/c1-16(2)12-4-5-17(16,3)15(8-12)20-14-7-11(10-19)6-13(18)9-14/h6-7,9,12,15H,4-5,8H2,1-3H3. The van der Waals surface area contributed by atoms with Gasteiger partial charge in [0.2, 0.25) is 0 Å². The quantitative estimate of drug-likeness (QED) is 0.805. The summed E-state index contributed by atoms with van der Waals surface area (Å²) in [5.41, 5.74) is 0.715. The fourth-order valence-electron chi connectivity index (χ4n) is 4.17. The molecule has 3 rings (SSSR count). The molecule has 2 nitrogen and oxygen atoms in total. The molecule has 0 aliphatic heterocycles. The van der Waals surface area contributed by atoms with Crippen LogP contribution in [0, 0.1) is 33.9 Å². The molecule has 20 heavy (non-hydrogen) atoms. The van der Waals surface area contributed by atoms with Crippen LogP contribution in [0.2, 0.25) is 0 Å². The zero-order valence-electron chi connectivity index (χ0n) is 12.2. The molecule has 3 atom stereocenters. The predicted octanol–water partition coefficient (Wildman–Crippen LogP) is 4.29. The highest BCUT2D eigenvalue weighted by atomic mass is 19.1. The summed E-state index contributed by atoms with van der Waals surface area (Å²) in [6.07, 6.45) is 3.57. The van der Waals surface area contributed by atoms with Gasteiger partial charge in [-0.15, -0.1) is 0 Å². The smallest absolute Gasteiger partial charge is 0.128 e. The van der Waals surface area contributed by atoms with E-state index >= 15 is 0 Å². The number of ether oxygens (including phenoxy) is 1. The third-order valence-electron chi connectivity index (χ3n) is 5.99. The van der Waals surface area contributed by atoms with Gasteiger partial charge in [-0.3, -0.25) is 0 Å². The molecule has 2 bridgehead atoms. The summed E-state index contributed by atoms with van der Waals surface area (Å²) in [6.45, 7) is 6.93. The molecule has 0 spiro atoms. The van der Waals surface area contributed by atoms with Crippen LogP contribution in [-0.4, -0.2) is 6.10 Å². The first-order valence-electron chi connectivity index (χ1n) is 7.24. The molecular formula is C17H20FNO. The minimum atomic E-state index is -0.411. The first-order chi connectivity index (χ1) is 9.36. The zero-order valence-corrected chi connectivity index (χ0v) is 12.2. The second-order valence-corrected chi connectivity index (χ2v) is 7.00. The lowest BCUT2D eigenvalue weighted by Gasteiger charge is -2.38. The molecule has 1 aromatic carbocycles. The summed E-state index contributed by atoms with van der Waals surface area (Å²) in [7, 11) is 0. The SMILES string of the molecule is CC1(C)C2CCC1(C)C(Oc1cc(F)cc(C#N)c1)C2. The van der Waals surface area contributed by atoms with E-state index in [1.807, 2.05) is 6.07 Å². The van der Waals surface area contributed by atoms with Crippen molar-refractivity contribution in [2.45, 2.75) is 46.1 Å². The van der Waals surface area contributed by atoms with E-state index in [0.29, 0.717) is 17.2 Å². The van der Waals surface area contributed by atoms with E-state index in [2.05, 4.69) is 20.8 Å². The van der Waals surface area contributed by atoms with Crippen molar-refractivity contribution in [3.05, 3.63) is 29.6 Å². The average molecular weight is 273 g/mol. The van der Waals surface area contributed by atoms with Gasteiger partial charge in [-0.05, 0) is 42.7 Å². The van der Waals surface area contributed by atoms with Gasteiger partial charge < -0.3 is 4.74 Å². The molecule has 0 aromatic heterocycles. The van der Waals surface area contributed by atoms with E-state index < -0.39 is 5.82 Å². The van der Waals surface area contributed by atoms with Crippen molar-refractivity contribution < 1.29 is 9.13 Å². The van der Waals surface area contributed by atoms with Gasteiger partial charge in [-0.1, -0.05) is 20.8 Å². The van der Waals surface area contributed by atoms with Crippen molar-refractivity contribution in [1.29, 1.82) is 5.26 Å². The fraction of sp³-hybridized carbons (Fsp3) is 0.588. The highest BCUT2D eigenvalue weighted by Gasteiger charge is 2.62. The van der Waals surface area contributed by atoms with Crippen molar-refractivity contribution in [2.24, 2.45) is 16.7 Å². The molecule has 2 saturated carbocycles. The van der Waals surface area contributed by atoms with E-state index in [9.17, 15) is 4.39 Å². The number of nitrogens with zero attached hydrogens (tertiary/aromatic N) is 1. The molecule has 3 heteroatoms. The topological polar surface area (TPSA) is 33.0 Å². The van der Waals surface area contributed by atoms with Gasteiger partial charge in [-0.25, -0.2) is 4.39 Å². The lowest BCUT2D eigenvalue weighted by molar-refractivity contribution is 0.0300. The molecule has 0 amide bonds. The summed E-state index contributed by atoms with van der Waals surface area (Å²) in [6, 6.07) is 6.22.